The van der Waals surface area contributed by atoms with E-state index in [4.69, 9.17) is 14.2 Å². The summed E-state index contributed by atoms with van der Waals surface area (Å²) >= 11 is 0. The summed E-state index contributed by atoms with van der Waals surface area (Å²) in [6, 6.07) is 14.3. The third-order valence-corrected chi connectivity index (χ3v) is 5.95. The van der Waals surface area contributed by atoms with Crippen LogP contribution in [0.5, 0.6) is 5.75 Å². The normalized spacial score (nSPS) is 11.4. The van der Waals surface area contributed by atoms with Crippen LogP contribution in [0.3, 0.4) is 0 Å². The van der Waals surface area contributed by atoms with E-state index in [1.807, 2.05) is 52.0 Å². The Bertz CT molecular complexity index is 1100. The number of amides is 1. The molecule has 0 aliphatic heterocycles. The van der Waals surface area contributed by atoms with Gasteiger partial charge in [-0.2, -0.15) is 0 Å². The monoisotopic (exact) mass is 551 g/mol. The number of hydrogen-bond acceptors (Lipinski definition) is 6. The maximum absolute atomic E-state index is 13.0. The minimum absolute atomic E-state index is 0.0989. The SMILES string of the molecule is CCCCCCCCc1ccc(C(=O)Nc2ccccc2O/C(=C/C(=O)OCC(C)C)C(=O)OCC(C)C)cc1. The van der Waals surface area contributed by atoms with Gasteiger partial charge in [0.05, 0.1) is 25.0 Å². The Balaban J connectivity index is 2.10. The molecule has 218 valence electrons. The molecule has 2 aromatic carbocycles. The van der Waals surface area contributed by atoms with Gasteiger partial charge < -0.3 is 19.5 Å². The zero-order chi connectivity index (χ0) is 29.3. The zero-order valence-electron chi connectivity index (χ0n) is 24.7. The molecular formula is C33H45NO6. The van der Waals surface area contributed by atoms with Crippen LogP contribution in [0.4, 0.5) is 5.69 Å². The van der Waals surface area contributed by atoms with Gasteiger partial charge in [0.2, 0.25) is 5.76 Å². The minimum Gasteiger partial charge on any atom is -0.462 e. The molecule has 0 atom stereocenters. The Morgan fingerprint density at radius 2 is 1.43 bits per heavy atom. The van der Waals surface area contributed by atoms with Gasteiger partial charge in [-0.25, -0.2) is 9.59 Å². The van der Waals surface area contributed by atoms with Crippen LogP contribution in [0.1, 0.15) is 89.1 Å². The van der Waals surface area contributed by atoms with Crippen molar-refractivity contribution in [2.45, 2.75) is 79.6 Å². The van der Waals surface area contributed by atoms with Crippen LogP contribution >= 0.6 is 0 Å². The van der Waals surface area contributed by atoms with Crippen molar-refractivity contribution in [3.63, 3.8) is 0 Å². The van der Waals surface area contributed by atoms with Crippen molar-refractivity contribution < 1.29 is 28.6 Å². The Kier molecular flexibility index (Phi) is 14.6. The molecule has 0 bridgehead atoms. The number of esters is 2. The zero-order valence-corrected chi connectivity index (χ0v) is 24.7. The van der Waals surface area contributed by atoms with Gasteiger partial charge in [-0.05, 0) is 54.5 Å². The van der Waals surface area contributed by atoms with E-state index >= 15 is 0 Å². The predicted octanol–water partition coefficient (Wildman–Crippen LogP) is 7.50. The molecule has 40 heavy (non-hydrogen) atoms. The summed E-state index contributed by atoms with van der Waals surface area (Å²) in [5.41, 5.74) is 2.06. The molecule has 0 aliphatic rings. The third kappa shape index (κ3) is 12.5. The van der Waals surface area contributed by atoms with Crippen LogP contribution in [-0.4, -0.2) is 31.1 Å². The predicted molar refractivity (Wildman–Crippen MR) is 158 cm³/mol. The van der Waals surface area contributed by atoms with Crippen molar-refractivity contribution in [3.8, 4) is 5.75 Å². The van der Waals surface area contributed by atoms with Gasteiger partial charge in [-0.1, -0.05) is 91.0 Å². The standard InChI is InChI=1S/C33H45NO6/c1-6-7-8-9-10-11-14-26-17-19-27(20-18-26)32(36)34-28-15-12-13-16-29(28)40-30(33(37)39-23-25(4)5)21-31(35)38-22-24(2)3/h12-13,15-21,24-25H,6-11,14,22-23H2,1-5H3,(H,34,36)/b30-21+. The molecule has 0 aliphatic carbocycles. The fourth-order valence-corrected chi connectivity index (χ4v) is 3.75. The average molecular weight is 552 g/mol. The number of rotatable bonds is 17. The van der Waals surface area contributed by atoms with E-state index in [9.17, 15) is 14.4 Å². The van der Waals surface area contributed by atoms with Crippen LogP contribution in [-0.2, 0) is 25.5 Å². The molecule has 0 aromatic heterocycles. The van der Waals surface area contributed by atoms with Crippen LogP contribution < -0.4 is 10.1 Å². The van der Waals surface area contributed by atoms with E-state index in [1.54, 1.807) is 24.3 Å². The summed E-state index contributed by atoms with van der Waals surface area (Å²) in [5.74, 6) is -1.72. The lowest BCUT2D eigenvalue weighted by Crippen LogP contribution is -2.19. The molecule has 7 nitrogen and oxygen atoms in total. The first-order chi connectivity index (χ1) is 19.2. The van der Waals surface area contributed by atoms with Crippen LogP contribution in [0.25, 0.3) is 0 Å². The highest BCUT2D eigenvalue weighted by atomic mass is 16.6. The molecule has 0 saturated heterocycles. The number of benzene rings is 2. The molecule has 0 heterocycles. The fraction of sp³-hybridized carbons (Fsp3) is 0.485. The third-order valence-electron chi connectivity index (χ3n) is 5.95. The second-order valence-electron chi connectivity index (χ2n) is 10.8. The first kappa shape index (κ1) is 32.6. The molecule has 1 amide bonds. The van der Waals surface area contributed by atoms with E-state index in [2.05, 4.69) is 12.2 Å². The Labute approximate surface area is 239 Å². The Morgan fingerprint density at radius 1 is 0.800 bits per heavy atom. The summed E-state index contributed by atoms with van der Waals surface area (Å²) in [5, 5.41) is 2.85. The summed E-state index contributed by atoms with van der Waals surface area (Å²) in [7, 11) is 0. The molecule has 1 N–H and O–H groups in total. The van der Waals surface area contributed by atoms with Crippen molar-refractivity contribution in [2.24, 2.45) is 11.8 Å². The molecular weight excluding hydrogens is 506 g/mol. The van der Waals surface area contributed by atoms with Gasteiger partial charge in [0.15, 0.2) is 5.75 Å². The van der Waals surface area contributed by atoms with Gasteiger partial charge in [-0.15, -0.1) is 0 Å². The van der Waals surface area contributed by atoms with Crippen molar-refractivity contribution in [3.05, 3.63) is 71.5 Å². The molecule has 0 fully saturated rings. The van der Waals surface area contributed by atoms with E-state index in [0.717, 1.165) is 18.9 Å². The van der Waals surface area contributed by atoms with Crippen LogP contribution in [0.2, 0.25) is 0 Å². The van der Waals surface area contributed by atoms with E-state index < -0.39 is 11.9 Å². The molecule has 0 radical (unpaired) electrons. The van der Waals surface area contributed by atoms with Crippen molar-refractivity contribution in [1.29, 1.82) is 0 Å². The first-order valence-corrected chi connectivity index (χ1v) is 14.4. The Hall–Kier alpha value is -3.61. The highest BCUT2D eigenvalue weighted by molar-refractivity contribution is 6.05. The first-order valence-electron chi connectivity index (χ1n) is 14.4. The highest BCUT2D eigenvalue weighted by Gasteiger charge is 2.20. The van der Waals surface area contributed by atoms with Gasteiger partial charge >= 0.3 is 11.9 Å². The average Bonchev–Trinajstić information content (AvgIpc) is 2.93. The maximum Gasteiger partial charge on any atom is 0.374 e. The van der Waals surface area contributed by atoms with Gasteiger partial charge in [0.1, 0.15) is 0 Å². The topological polar surface area (TPSA) is 90.9 Å². The lowest BCUT2D eigenvalue weighted by atomic mass is 10.0. The van der Waals surface area contributed by atoms with Crippen molar-refractivity contribution >= 4 is 23.5 Å². The van der Waals surface area contributed by atoms with Crippen LogP contribution in [0, 0.1) is 11.8 Å². The Morgan fingerprint density at radius 3 is 2.10 bits per heavy atom. The van der Waals surface area contributed by atoms with Gasteiger partial charge in [0, 0.05) is 5.56 Å². The number of ether oxygens (including phenoxy) is 3. The lowest BCUT2D eigenvalue weighted by molar-refractivity contribution is -0.144. The quantitative estimate of drug-likeness (QED) is 0.0947. The highest BCUT2D eigenvalue weighted by Crippen LogP contribution is 2.27. The van der Waals surface area contributed by atoms with Crippen molar-refractivity contribution in [2.75, 3.05) is 18.5 Å². The fourth-order valence-electron chi connectivity index (χ4n) is 3.75. The second-order valence-corrected chi connectivity index (χ2v) is 10.8. The number of anilines is 1. The second kappa shape index (κ2) is 17.9. The van der Waals surface area contributed by atoms with E-state index in [-0.39, 0.29) is 42.5 Å². The largest absolute Gasteiger partial charge is 0.462 e. The summed E-state index contributed by atoms with van der Waals surface area (Å²) in [6.07, 6.45) is 9.42. The van der Waals surface area contributed by atoms with Crippen LogP contribution in [0.15, 0.2) is 60.4 Å². The number of carbonyl (C=O) groups is 3. The minimum atomic E-state index is -0.794. The van der Waals surface area contributed by atoms with Gasteiger partial charge in [-0.3, -0.25) is 4.79 Å². The molecule has 2 rings (SSSR count). The lowest BCUT2D eigenvalue weighted by Gasteiger charge is -2.15. The summed E-state index contributed by atoms with van der Waals surface area (Å²) in [6.45, 7) is 10.2. The molecule has 7 heteroatoms. The molecule has 0 spiro atoms. The van der Waals surface area contributed by atoms with E-state index in [0.29, 0.717) is 11.3 Å². The number of aryl methyl sites for hydroxylation is 1. The number of para-hydroxylation sites is 2. The molecule has 0 unspecified atom stereocenters. The smallest absolute Gasteiger partial charge is 0.374 e. The number of nitrogens with one attached hydrogen (secondary N) is 1. The number of hydrogen-bond donors (Lipinski definition) is 1. The number of carbonyl (C=O) groups excluding carboxylic acids is 3. The molecule has 2 aromatic rings. The van der Waals surface area contributed by atoms with Crippen molar-refractivity contribution in [1.82, 2.24) is 0 Å². The van der Waals surface area contributed by atoms with Gasteiger partial charge in [0.25, 0.3) is 5.91 Å². The molecule has 0 saturated carbocycles. The summed E-state index contributed by atoms with van der Waals surface area (Å²) < 4.78 is 16.3. The maximum atomic E-state index is 13.0. The van der Waals surface area contributed by atoms with E-state index in [1.165, 1.54) is 37.7 Å². The number of unbranched alkanes of at least 4 members (excludes halogenated alkanes) is 5. The summed E-state index contributed by atoms with van der Waals surface area (Å²) in [4.78, 5) is 38.1.